The molecule has 0 saturated carbocycles. The number of nitrogens with zero attached hydrogens (tertiary/aromatic N) is 3. The van der Waals surface area contributed by atoms with Crippen LogP contribution in [0, 0.1) is 11.3 Å². The summed E-state index contributed by atoms with van der Waals surface area (Å²) in [4.78, 5) is 4.96. The molecule has 1 fully saturated rings. The minimum absolute atomic E-state index is 0.614. The number of rotatable bonds is 6. The van der Waals surface area contributed by atoms with E-state index in [0.29, 0.717) is 6.04 Å². The highest BCUT2D eigenvalue weighted by molar-refractivity contribution is 5.03. The average Bonchev–Trinajstić information content (AvgIpc) is 2.40. The van der Waals surface area contributed by atoms with Crippen LogP contribution in [0.3, 0.4) is 0 Å². The first-order valence-electron chi connectivity index (χ1n) is 7.17. The third kappa shape index (κ3) is 4.24. The number of nitrogens with two attached hydrogens (primary N) is 1. The largest absolute Gasteiger partial charge is 0.313 e. The van der Waals surface area contributed by atoms with Gasteiger partial charge in [-0.3, -0.25) is 0 Å². The van der Waals surface area contributed by atoms with Gasteiger partial charge in [-0.05, 0) is 39.3 Å². The summed E-state index contributed by atoms with van der Waals surface area (Å²) < 4.78 is 0. The van der Waals surface area contributed by atoms with Crippen LogP contribution in [0.15, 0.2) is 0 Å². The zero-order valence-corrected chi connectivity index (χ0v) is 12.2. The summed E-state index contributed by atoms with van der Waals surface area (Å²) in [5.74, 6) is 0. The molecule has 0 spiro atoms. The van der Waals surface area contributed by atoms with Crippen LogP contribution in [-0.4, -0.2) is 54.6 Å². The predicted molar refractivity (Wildman–Crippen MR) is 75.2 cm³/mol. The van der Waals surface area contributed by atoms with Crippen LogP contribution in [-0.2, 0) is 0 Å². The van der Waals surface area contributed by atoms with Gasteiger partial charge in [-0.25, -0.2) is 0 Å². The van der Waals surface area contributed by atoms with Crippen molar-refractivity contribution in [2.75, 3.05) is 33.2 Å². The molecule has 18 heavy (non-hydrogen) atoms. The van der Waals surface area contributed by atoms with Crippen LogP contribution < -0.4 is 5.73 Å². The van der Waals surface area contributed by atoms with Crippen molar-refractivity contribution in [1.82, 2.24) is 9.80 Å². The standard InChI is InChI=1S/C14H28N4/c1-4-13-11-18(10-9-17(13)3)8-6-7-14(16,5-2)12-15/h13H,4-11,16H2,1-3H3. The second kappa shape index (κ2) is 7.08. The summed E-state index contributed by atoms with van der Waals surface area (Å²) in [6.45, 7) is 8.77. The van der Waals surface area contributed by atoms with Gasteiger partial charge in [-0.15, -0.1) is 0 Å². The highest BCUT2D eigenvalue weighted by Gasteiger charge is 2.24. The molecule has 1 rings (SSSR count). The van der Waals surface area contributed by atoms with Crippen LogP contribution in [0.4, 0.5) is 0 Å². The van der Waals surface area contributed by atoms with Gasteiger partial charge >= 0.3 is 0 Å². The predicted octanol–water partition coefficient (Wildman–Crippen LogP) is 1.42. The molecule has 0 aliphatic carbocycles. The monoisotopic (exact) mass is 252 g/mol. The SMILES string of the molecule is CCC1CN(CCCC(N)(C#N)CC)CCN1C. The van der Waals surface area contributed by atoms with Crippen molar-refractivity contribution in [3.05, 3.63) is 0 Å². The third-order valence-corrected chi connectivity index (χ3v) is 4.28. The molecule has 2 atom stereocenters. The minimum Gasteiger partial charge on any atom is -0.313 e. The van der Waals surface area contributed by atoms with Crippen molar-refractivity contribution in [2.24, 2.45) is 5.73 Å². The Morgan fingerprint density at radius 1 is 1.39 bits per heavy atom. The molecule has 2 N–H and O–H groups in total. The van der Waals surface area contributed by atoms with Crippen LogP contribution >= 0.6 is 0 Å². The van der Waals surface area contributed by atoms with Crippen LogP contribution in [0.1, 0.15) is 39.5 Å². The van der Waals surface area contributed by atoms with Gasteiger partial charge in [0.1, 0.15) is 5.54 Å². The lowest BCUT2D eigenvalue weighted by Crippen LogP contribution is -2.51. The summed E-state index contributed by atoms with van der Waals surface area (Å²) in [6, 6.07) is 2.93. The Balaban J connectivity index is 2.30. The Morgan fingerprint density at radius 2 is 2.11 bits per heavy atom. The van der Waals surface area contributed by atoms with Gasteiger partial charge in [0.05, 0.1) is 6.07 Å². The Hall–Kier alpha value is -0.630. The number of hydrogen-bond acceptors (Lipinski definition) is 4. The fourth-order valence-corrected chi connectivity index (χ4v) is 2.58. The Kier molecular flexibility index (Phi) is 6.07. The molecule has 4 heteroatoms. The Bertz CT molecular complexity index is 286. The van der Waals surface area contributed by atoms with Crippen molar-refractivity contribution in [3.63, 3.8) is 0 Å². The van der Waals surface area contributed by atoms with Gasteiger partial charge in [0.25, 0.3) is 0 Å². The maximum Gasteiger partial charge on any atom is 0.104 e. The van der Waals surface area contributed by atoms with Crippen molar-refractivity contribution in [3.8, 4) is 6.07 Å². The fraction of sp³-hybridized carbons (Fsp3) is 0.929. The summed E-state index contributed by atoms with van der Waals surface area (Å²) >= 11 is 0. The smallest absolute Gasteiger partial charge is 0.104 e. The van der Waals surface area contributed by atoms with Gasteiger partial charge in [-0.1, -0.05) is 13.8 Å². The van der Waals surface area contributed by atoms with E-state index >= 15 is 0 Å². The van der Waals surface area contributed by atoms with E-state index in [0.717, 1.165) is 45.4 Å². The average molecular weight is 252 g/mol. The summed E-state index contributed by atoms with van der Waals surface area (Å²) in [6.07, 6.45) is 3.78. The molecule has 1 saturated heterocycles. The number of hydrogen-bond donors (Lipinski definition) is 1. The molecule has 2 unspecified atom stereocenters. The molecule has 4 nitrogen and oxygen atoms in total. The van der Waals surface area contributed by atoms with E-state index in [1.54, 1.807) is 0 Å². The van der Waals surface area contributed by atoms with E-state index in [1.807, 2.05) is 6.92 Å². The number of nitriles is 1. The van der Waals surface area contributed by atoms with Crippen LogP contribution in [0.5, 0.6) is 0 Å². The molecule has 0 amide bonds. The number of piperazine rings is 1. The zero-order valence-electron chi connectivity index (χ0n) is 12.2. The highest BCUT2D eigenvalue weighted by atomic mass is 15.3. The molecule has 0 bridgehead atoms. The van der Waals surface area contributed by atoms with E-state index in [4.69, 9.17) is 11.0 Å². The maximum absolute atomic E-state index is 9.04. The molecule has 1 aliphatic heterocycles. The first-order chi connectivity index (χ1) is 8.54. The molecule has 0 aromatic rings. The topological polar surface area (TPSA) is 56.3 Å². The van der Waals surface area contributed by atoms with Crippen molar-refractivity contribution < 1.29 is 0 Å². The van der Waals surface area contributed by atoms with Gasteiger partial charge in [0.2, 0.25) is 0 Å². The van der Waals surface area contributed by atoms with E-state index in [2.05, 4.69) is 29.8 Å². The van der Waals surface area contributed by atoms with Crippen molar-refractivity contribution >= 4 is 0 Å². The first kappa shape index (κ1) is 15.4. The van der Waals surface area contributed by atoms with E-state index in [9.17, 15) is 0 Å². The maximum atomic E-state index is 9.04. The summed E-state index contributed by atoms with van der Waals surface area (Å²) in [5, 5.41) is 9.04. The summed E-state index contributed by atoms with van der Waals surface area (Å²) in [5.41, 5.74) is 5.39. The normalized spacial score (nSPS) is 25.6. The second-order valence-electron chi connectivity index (χ2n) is 5.57. The quantitative estimate of drug-likeness (QED) is 0.777. The molecular weight excluding hydrogens is 224 g/mol. The molecule has 104 valence electrons. The Labute approximate surface area is 112 Å². The lowest BCUT2D eigenvalue weighted by molar-refractivity contribution is 0.0911. The third-order valence-electron chi connectivity index (χ3n) is 4.28. The van der Waals surface area contributed by atoms with Gasteiger partial charge in [0, 0.05) is 25.7 Å². The first-order valence-corrected chi connectivity index (χ1v) is 7.17. The van der Waals surface area contributed by atoms with Gasteiger partial charge in [-0.2, -0.15) is 5.26 Å². The second-order valence-corrected chi connectivity index (χ2v) is 5.57. The van der Waals surface area contributed by atoms with E-state index in [1.165, 1.54) is 6.42 Å². The molecule has 0 radical (unpaired) electrons. The van der Waals surface area contributed by atoms with Crippen molar-refractivity contribution in [1.29, 1.82) is 5.26 Å². The van der Waals surface area contributed by atoms with Gasteiger partial charge < -0.3 is 15.5 Å². The summed E-state index contributed by atoms with van der Waals surface area (Å²) in [7, 11) is 2.21. The lowest BCUT2D eigenvalue weighted by Gasteiger charge is -2.39. The van der Waals surface area contributed by atoms with Crippen LogP contribution in [0.2, 0.25) is 0 Å². The molecule has 0 aromatic heterocycles. The van der Waals surface area contributed by atoms with Crippen molar-refractivity contribution in [2.45, 2.75) is 51.1 Å². The molecule has 1 heterocycles. The zero-order chi connectivity index (χ0) is 13.6. The number of likely N-dealkylation sites (N-methyl/N-ethyl adjacent to an activating group) is 1. The molecule has 0 aromatic carbocycles. The van der Waals surface area contributed by atoms with E-state index in [-0.39, 0.29) is 0 Å². The van der Waals surface area contributed by atoms with Gasteiger partial charge in [0.15, 0.2) is 0 Å². The lowest BCUT2D eigenvalue weighted by atomic mass is 9.93. The van der Waals surface area contributed by atoms with E-state index < -0.39 is 5.54 Å². The Morgan fingerprint density at radius 3 is 2.67 bits per heavy atom. The minimum atomic E-state index is -0.614. The molecule has 1 aliphatic rings. The van der Waals surface area contributed by atoms with Crippen LogP contribution in [0.25, 0.3) is 0 Å². The fourth-order valence-electron chi connectivity index (χ4n) is 2.58. The molecular formula is C14H28N4. The highest BCUT2D eigenvalue weighted by Crippen LogP contribution is 2.15.